The van der Waals surface area contributed by atoms with Gasteiger partial charge in [0.05, 0.1) is 4.90 Å². The summed E-state index contributed by atoms with van der Waals surface area (Å²) in [5.74, 6) is 0. The summed E-state index contributed by atoms with van der Waals surface area (Å²) < 4.78 is 26.5. The maximum atomic E-state index is 12.4. The van der Waals surface area contributed by atoms with Gasteiger partial charge in [0.25, 0.3) is 0 Å². The molecule has 0 amide bonds. The number of piperidine rings is 1. The monoisotopic (exact) mass is 283 g/mol. The van der Waals surface area contributed by atoms with Crippen LogP contribution in [0, 0.1) is 0 Å². The highest BCUT2D eigenvalue weighted by Crippen LogP contribution is 2.22. The minimum Gasteiger partial charge on any atom is -0.399 e. The van der Waals surface area contributed by atoms with Crippen LogP contribution < -0.4 is 5.73 Å². The molecule has 2 N–H and O–H groups in total. The molecule has 1 aliphatic heterocycles. The van der Waals surface area contributed by atoms with Crippen LogP contribution in [0.3, 0.4) is 0 Å². The third kappa shape index (κ3) is 3.08. The second-order valence-corrected chi connectivity index (χ2v) is 7.11. The largest absolute Gasteiger partial charge is 0.399 e. The Labute approximate surface area is 115 Å². The van der Waals surface area contributed by atoms with Gasteiger partial charge in [-0.3, -0.25) is 0 Å². The molecule has 1 heterocycles. The lowest BCUT2D eigenvalue weighted by Gasteiger charge is -2.34. The second-order valence-electron chi connectivity index (χ2n) is 5.17. The second kappa shape index (κ2) is 5.48. The first-order chi connectivity index (χ1) is 8.91. The Balaban J connectivity index is 2.12. The van der Waals surface area contributed by atoms with Gasteiger partial charge in [0.15, 0.2) is 0 Å². The summed E-state index contributed by atoms with van der Waals surface area (Å²) in [7, 11) is 0.704. The minimum absolute atomic E-state index is 0.324. The number of sulfonamides is 1. The molecule has 5 nitrogen and oxygen atoms in total. The number of nitrogen functional groups attached to an aromatic ring is 1. The highest BCUT2D eigenvalue weighted by Gasteiger charge is 2.29. The van der Waals surface area contributed by atoms with Crippen molar-refractivity contribution in [3.05, 3.63) is 24.3 Å². The molecule has 0 saturated carbocycles. The van der Waals surface area contributed by atoms with E-state index in [-0.39, 0.29) is 0 Å². The molecule has 0 unspecified atom stereocenters. The molecule has 1 aromatic rings. The fourth-order valence-electron chi connectivity index (χ4n) is 2.39. The Bertz CT molecular complexity index is 517. The predicted octanol–water partition coefficient (Wildman–Crippen LogP) is 0.983. The first kappa shape index (κ1) is 14.3. The van der Waals surface area contributed by atoms with Crippen LogP contribution in [0.25, 0.3) is 0 Å². The van der Waals surface area contributed by atoms with E-state index < -0.39 is 10.0 Å². The van der Waals surface area contributed by atoms with Crippen LogP contribution in [-0.2, 0) is 10.0 Å². The number of rotatable bonds is 3. The molecule has 0 bridgehead atoms. The van der Waals surface area contributed by atoms with Gasteiger partial charge in [0.1, 0.15) is 0 Å². The molecule has 0 spiro atoms. The average Bonchev–Trinajstić information content (AvgIpc) is 2.39. The van der Waals surface area contributed by atoms with Gasteiger partial charge in [0.2, 0.25) is 10.0 Å². The fraction of sp³-hybridized carbons (Fsp3) is 0.538. The van der Waals surface area contributed by atoms with Crippen molar-refractivity contribution in [2.45, 2.75) is 23.8 Å². The lowest BCUT2D eigenvalue weighted by molar-refractivity contribution is 0.196. The van der Waals surface area contributed by atoms with Crippen molar-refractivity contribution in [3.8, 4) is 0 Å². The van der Waals surface area contributed by atoms with E-state index in [0.29, 0.717) is 29.7 Å². The van der Waals surface area contributed by atoms with Gasteiger partial charge in [-0.25, -0.2) is 8.42 Å². The first-order valence-corrected chi connectivity index (χ1v) is 7.87. The lowest BCUT2D eigenvalue weighted by atomic mass is 10.1. The van der Waals surface area contributed by atoms with Crippen molar-refractivity contribution < 1.29 is 8.42 Å². The standard InChI is InChI=1S/C13H21N3O2S/c1-15(2)12-7-9-16(10-8-12)19(17,18)13-5-3-11(14)4-6-13/h3-6,12H,7-10,14H2,1-2H3. The highest BCUT2D eigenvalue weighted by atomic mass is 32.2. The Kier molecular flexibility index (Phi) is 4.13. The van der Waals surface area contributed by atoms with Crippen LogP contribution in [0.15, 0.2) is 29.2 Å². The summed E-state index contributed by atoms with van der Waals surface area (Å²) >= 11 is 0. The van der Waals surface area contributed by atoms with Crippen molar-refractivity contribution in [2.24, 2.45) is 0 Å². The van der Waals surface area contributed by atoms with Crippen LogP contribution in [0.5, 0.6) is 0 Å². The third-order valence-corrected chi connectivity index (χ3v) is 5.58. The zero-order chi connectivity index (χ0) is 14.0. The quantitative estimate of drug-likeness (QED) is 0.840. The van der Waals surface area contributed by atoms with E-state index in [1.165, 1.54) is 0 Å². The number of hydrogen-bond acceptors (Lipinski definition) is 4. The molecule has 2 rings (SSSR count). The summed E-state index contributed by atoms with van der Waals surface area (Å²) in [4.78, 5) is 2.48. The van der Waals surface area contributed by atoms with Crippen LogP contribution in [0.2, 0.25) is 0 Å². The zero-order valence-corrected chi connectivity index (χ0v) is 12.2. The van der Waals surface area contributed by atoms with Crippen LogP contribution >= 0.6 is 0 Å². The SMILES string of the molecule is CN(C)C1CCN(S(=O)(=O)c2ccc(N)cc2)CC1. The number of nitrogens with zero attached hydrogens (tertiary/aromatic N) is 2. The van der Waals surface area contributed by atoms with Gasteiger partial charge in [-0.15, -0.1) is 0 Å². The number of benzene rings is 1. The number of nitrogens with two attached hydrogens (primary N) is 1. The first-order valence-electron chi connectivity index (χ1n) is 6.43. The molecule has 1 aliphatic rings. The van der Waals surface area contributed by atoms with E-state index in [4.69, 9.17) is 5.73 Å². The van der Waals surface area contributed by atoms with Crippen molar-refractivity contribution in [2.75, 3.05) is 32.9 Å². The Morgan fingerprint density at radius 2 is 1.68 bits per heavy atom. The lowest BCUT2D eigenvalue weighted by Crippen LogP contribution is -2.44. The molecule has 1 aromatic carbocycles. The van der Waals surface area contributed by atoms with E-state index in [0.717, 1.165) is 12.8 Å². The maximum Gasteiger partial charge on any atom is 0.243 e. The number of anilines is 1. The maximum absolute atomic E-state index is 12.4. The molecular formula is C13H21N3O2S. The topological polar surface area (TPSA) is 66.6 Å². The van der Waals surface area contributed by atoms with Gasteiger partial charge in [-0.1, -0.05) is 0 Å². The molecular weight excluding hydrogens is 262 g/mol. The molecule has 0 aromatic heterocycles. The average molecular weight is 283 g/mol. The Morgan fingerprint density at radius 1 is 1.16 bits per heavy atom. The molecule has 1 saturated heterocycles. The van der Waals surface area contributed by atoms with Gasteiger partial charge >= 0.3 is 0 Å². The highest BCUT2D eigenvalue weighted by molar-refractivity contribution is 7.89. The summed E-state index contributed by atoms with van der Waals surface area (Å²) in [6.07, 6.45) is 1.75. The smallest absolute Gasteiger partial charge is 0.243 e. The third-order valence-electron chi connectivity index (χ3n) is 3.67. The molecule has 0 radical (unpaired) electrons. The van der Waals surface area contributed by atoms with Gasteiger partial charge in [-0.05, 0) is 51.2 Å². The van der Waals surface area contributed by atoms with Gasteiger partial charge < -0.3 is 10.6 Å². The van der Waals surface area contributed by atoms with Crippen LogP contribution in [0.4, 0.5) is 5.69 Å². The molecule has 1 fully saturated rings. The zero-order valence-electron chi connectivity index (χ0n) is 11.4. The van der Waals surface area contributed by atoms with Crippen molar-refractivity contribution in [3.63, 3.8) is 0 Å². The van der Waals surface area contributed by atoms with Crippen molar-refractivity contribution >= 4 is 15.7 Å². The van der Waals surface area contributed by atoms with Crippen molar-refractivity contribution in [1.29, 1.82) is 0 Å². The van der Waals surface area contributed by atoms with E-state index in [1.54, 1.807) is 28.6 Å². The van der Waals surface area contributed by atoms with E-state index in [9.17, 15) is 8.42 Å². The molecule has 19 heavy (non-hydrogen) atoms. The summed E-state index contributed by atoms with van der Waals surface area (Å²) in [6.45, 7) is 1.16. The van der Waals surface area contributed by atoms with Crippen LogP contribution in [0.1, 0.15) is 12.8 Å². The summed E-state index contributed by atoms with van der Waals surface area (Å²) in [5.41, 5.74) is 6.16. The normalized spacial score (nSPS) is 18.9. The van der Waals surface area contributed by atoms with E-state index >= 15 is 0 Å². The molecule has 0 aliphatic carbocycles. The molecule has 6 heteroatoms. The predicted molar refractivity (Wildman–Crippen MR) is 76.3 cm³/mol. The summed E-state index contributed by atoms with van der Waals surface area (Å²) in [6, 6.07) is 6.86. The Hall–Kier alpha value is -1.11. The van der Waals surface area contributed by atoms with Crippen LogP contribution in [-0.4, -0.2) is 50.8 Å². The molecule has 106 valence electrons. The fourth-order valence-corrected chi connectivity index (χ4v) is 3.86. The van der Waals surface area contributed by atoms with Gasteiger partial charge in [-0.2, -0.15) is 4.31 Å². The van der Waals surface area contributed by atoms with E-state index in [1.807, 2.05) is 14.1 Å². The number of hydrogen-bond donors (Lipinski definition) is 1. The van der Waals surface area contributed by atoms with E-state index in [2.05, 4.69) is 4.90 Å². The molecule has 0 atom stereocenters. The Morgan fingerprint density at radius 3 is 2.16 bits per heavy atom. The van der Waals surface area contributed by atoms with Gasteiger partial charge in [0, 0.05) is 24.8 Å². The summed E-state index contributed by atoms with van der Waals surface area (Å²) in [5, 5.41) is 0. The van der Waals surface area contributed by atoms with Crippen molar-refractivity contribution in [1.82, 2.24) is 9.21 Å². The minimum atomic E-state index is -3.37.